The van der Waals surface area contributed by atoms with Gasteiger partial charge in [0.25, 0.3) is 0 Å². The molecule has 2 aromatic carbocycles. The standard InChI is InChI=1S/C22H19N3O/c1-2-5-16(6-3-1)11-17-8-9-21-18(12-17)13-19(26-21)14-25-15-24-22-20(25)7-4-10-23-22/h1-10,12,15,19H,11,13-14H2. The Morgan fingerprint density at radius 1 is 0.962 bits per heavy atom. The van der Waals surface area contributed by atoms with Crippen LogP contribution in [0.15, 0.2) is 73.2 Å². The van der Waals surface area contributed by atoms with Gasteiger partial charge in [0.1, 0.15) is 11.9 Å². The van der Waals surface area contributed by atoms with Crippen LogP contribution in [0.5, 0.6) is 5.75 Å². The first-order valence-electron chi connectivity index (χ1n) is 8.93. The van der Waals surface area contributed by atoms with Crippen LogP contribution >= 0.6 is 0 Å². The Bertz CT molecular complexity index is 1060. The second-order valence-electron chi connectivity index (χ2n) is 6.79. The van der Waals surface area contributed by atoms with Gasteiger partial charge in [0, 0.05) is 12.6 Å². The number of rotatable bonds is 4. The molecule has 0 fully saturated rings. The number of ether oxygens (including phenoxy) is 1. The summed E-state index contributed by atoms with van der Waals surface area (Å²) in [5, 5.41) is 0. The Morgan fingerprint density at radius 2 is 1.88 bits per heavy atom. The van der Waals surface area contributed by atoms with E-state index < -0.39 is 0 Å². The van der Waals surface area contributed by atoms with Crippen molar-refractivity contribution in [2.75, 3.05) is 0 Å². The summed E-state index contributed by atoms with van der Waals surface area (Å²) in [6.45, 7) is 0.783. The largest absolute Gasteiger partial charge is 0.488 e. The van der Waals surface area contributed by atoms with E-state index in [1.165, 1.54) is 16.7 Å². The molecule has 0 radical (unpaired) electrons. The van der Waals surface area contributed by atoms with Gasteiger partial charge in [0.2, 0.25) is 0 Å². The van der Waals surface area contributed by atoms with Gasteiger partial charge in [-0.25, -0.2) is 9.97 Å². The number of fused-ring (bicyclic) bond motifs is 2. The molecule has 5 rings (SSSR count). The van der Waals surface area contributed by atoms with Crippen LogP contribution in [0.2, 0.25) is 0 Å². The zero-order valence-electron chi connectivity index (χ0n) is 14.4. The molecule has 1 unspecified atom stereocenters. The number of nitrogens with zero attached hydrogens (tertiary/aromatic N) is 3. The molecule has 3 heterocycles. The van der Waals surface area contributed by atoms with E-state index in [1.807, 2.05) is 12.4 Å². The summed E-state index contributed by atoms with van der Waals surface area (Å²) < 4.78 is 8.29. The van der Waals surface area contributed by atoms with Crippen LogP contribution in [-0.2, 0) is 19.4 Å². The average molecular weight is 341 g/mol. The zero-order valence-corrected chi connectivity index (χ0v) is 14.4. The van der Waals surface area contributed by atoms with Gasteiger partial charge < -0.3 is 9.30 Å². The predicted octanol–water partition coefficient (Wildman–Crippen LogP) is 4.03. The number of hydrogen-bond donors (Lipinski definition) is 0. The molecule has 4 heteroatoms. The van der Waals surface area contributed by atoms with E-state index >= 15 is 0 Å². The molecule has 0 saturated carbocycles. The molecule has 4 aromatic rings. The minimum absolute atomic E-state index is 0.134. The van der Waals surface area contributed by atoms with Gasteiger partial charge in [0.15, 0.2) is 5.65 Å². The van der Waals surface area contributed by atoms with Crippen molar-refractivity contribution in [3.05, 3.63) is 89.9 Å². The van der Waals surface area contributed by atoms with E-state index in [9.17, 15) is 0 Å². The molecular weight excluding hydrogens is 322 g/mol. The number of aromatic nitrogens is 3. The molecule has 0 amide bonds. The molecule has 0 spiro atoms. The highest BCUT2D eigenvalue weighted by molar-refractivity contribution is 5.70. The normalized spacial score (nSPS) is 15.8. The lowest BCUT2D eigenvalue weighted by atomic mass is 10.0. The minimum atomic E-state index is 0.134. The summed E-state index contributed by atoms with van der Waals surface area (Å²) >= 11 is 0. The molecule has 0 saturated heterocycles. The average Bonchev–Trinajstić information content (AvgIpc) is 3.26. The van der Waals surface area contributed by atoms with Crippen molar-refractivity contribution in [1.29, 1.82) is 0 Å². The maximum atomic E-state index is 6.17. The van der Waals surface area contributed by atoms with Crippen molar-refractivity contribution >= 4 is 11.2 Å². The van der Waals surface area contributed by atoms with Gasteiger partial charge in [-0.05, 0) is 41.3 Å². The van der Waals surface area contributed by atoms with Crippen LogP contribution in [0, 0.1) is 0 Å². The van der Waals surface area contributed by atoms with Crippen LogP contribution in [0.25, 0.3) is 11.2 Å². The quantitative estimate of drug-likeness (QED) is 0.563. The Kier molecular flexibility index (Phi) is 3.67. The number of pyridine rings is 1. The van der Waals surface area contributed by atoms with E-state index in [0.717, 1.165) is 36.3 Å². The van der Waals surface area contributed by atoms with Crippen LogP contribution in [0.1, 0.15) is 16.7 Å². The lowest BCUT2D eigenvalue weighted by Gasteiger charge is -2.11. The first-order valence-corrected chi connectivity index (χ1v) is 8.93. The SMILES string of the molecule is c1ccc(Cc2ccc3c(c2)CC(Cn2cnc4ncccc42)O3)cc1. The monoisotopic (exact) mass is 341 g/mol. The van der Waals surface area contributed by atoms with Crippen LogP contribution in [-0.4, -0.2) is 20.6 Å². The Hall–Kier alpha value is -3.14. The first kappa shape index (κ1) is 15.1. The summed E-state index contributed by atoms with van der Waals surface area (Å²) in [4.78, 5) is 8.66. The molecule has 4 nitrogen and oxygen atoms in total. The molecular formula is C22H19N3O. The summed E-state index contributed by atoms with van der Waals surface area (Å²) in [7, 11) is 0. The molecule has 1 aliphatic heterocycles. The molecule has 1 atom stereocenters. The molecule has 0 aliphatic carbocycles. The van der Waals surface area contributed by atoms with E-state index in [2.05, 4.69) is 69.1 Å². The molecule has 0 N–H and O–H groups in total. The molecule has 1 aliphatic rings. The molecule has 128 valence electrons. The smallest absolute Gasteiger partial charge is 0.177 e. The van der Waals surface area contributed by atoms with Crippen LogP contribution < -0.4 is 4.74 Å². The zero-order chi connectivity index (χ0) is 17.3. The summed E-state index contributed by atoms with van der Waals surface area (Å²) in [6.07, 6.45) is 5.64. The summed E-state index contributed by atoms with van der Waals surface area (Å²) in [6, 6.07) is 21.1. The molecule has 2 aromatic heterocycles. The Morgan fingerprint density at radius 3 is 2.81 bits per heavy atom. The molecule has 0 bridgehead atoms. The summed E-state index contributed by atoms with van der Waals surface area (Å²) in [5.74, 6) is 1.01. The highest BCUT2D eigenvalue weighted by Gasteiger charge is 2.24. The van der Waals surface area contributed by atoms with Crippen molar-refractivity contribution in [1.82, 2.24) is 14.5 Å². The number of imidazole rings is 1. The van der Waals surface area contributed by atoms with Crippen LogP contribution in [0.4, 0.5) is 0 Å². The Labute approximate surface area is 152 Å². The second kappa shape index (κ2) is 6.30. The van der Waals surface area contributed by atoms with Gasteiger partial charge >= 0.3 is 0 Å². The second-order valence-corrected chi connectivity index (χ2v) is 6.79. The highest BCUT2D eigenvalue weighted by Crippen LogP contribution is 2.31. The fourth-order valence-corrected chi connectivity index (χ4v) is 3.68. The number of benzene rings is 2. The van der Waals surface area contributed by atoms with E-state index in [-0.39, 0.29) is 6.10 Å². The minimum Gasteiger partial charge on any atom is -0.488 e. The van der Waals surface area contributed by atoms with Gasteiger partial charge in [0.05, 0.1) is 18.4 Å². The van der Waals surface area contributed by atoms with Crippen molar-refractivity contribution in [2.24, 2.45) is 0 Å². The van der Waals surface area contributed by atoms with Gasteiger partial charge in [-0.3, -0.25) is 0 Å². The lowest BCUT2D eigenvalue weighted by Crippen LogP contribution is -2.20. The van der Waals surface area contributed by atoms with Gasteiger partial charge in [-0.2, -0.15) is 0 Å². The van der Waals surface area contributed by atoms with Crippen LogP contribution in [0.3, 0.4) is 0 Å². The summed E-state index contributed by atoms with van der Waals surface area (Å²) in [5.41, 5.74) is 5.80. The maximum Gasteiger partial charge on any atom is 0.177 e. The lowest BCUT2D eigenvalue weighted by molar-refractivity contribution is 0.211. The van der Waals surface area contributed by atoms with E-state index in [4.69, 9.17) is 4.74 Å². The maximum absolute atomic E-state index is 6.17. The van der Waals surface area contributed by atoms with Crippen molar-refractivity contribution in [2.45, 2.75) is 25.5 Å². The topological polar surface area (TPSA) is 39.9 Å². The fraction of sp³-hybridized carbons (Fsp3) is 0.182. The van der Waals surface area contributed by atoms with Crippen molar-refractivity contribution < 1.29 is 4.74 Å². The van der Waals surface area contributed by atoms with Gasteiger partial charge in [-0.15, -0.1) is 0 Å². The highest BCUT2D eigenvalue weighted by atomic mass is 16.5. The molecule has 26 heavy (non-hydrogen) atoms. The third-order valence-corrected chi connectivity index (χ3v) is 4.91. The third kappa shape index (κ3) is 2.84. The predicted molar refractivity (Wildman–Crippen MR) is 101 cm³/mol. The van der Waals surface area contributed by atoms with Crippen molar-refractivity contribution in [3.63, 3.8) is 0 Å². The van der Waals surface area contributed by atoms with E-state index in [1.54, 1.807) is 6.20 Å². The van der Waals surface area contributed by atoms with Crippen molar-refractivity contribution in [3.8, 4) is 5.75 Å². The first-order chi connectivity index (χ1) is 12.8. The number of hydrogen-bond acceptors (Lipinski definition) is 3. The Balaban J connectivity index is 1.33. The fourth-order valence-electron chi connectivity index (χ4n) is 3.68. The van der Waals surface area contributed by atoms with E-state index in [0.29, 0.717) is 0 Å². The third-order valence-electron chi connectivity index (χ3n) is 4.91. The van der Waals surface area contributed by atoms with Gasteiger partial charge in [-0.1, -0.05) is 42.5 Å².